The van der Waals surface area contributed by atoms with Gasteiger partial charge in [-0.25, -0.2) is 8.78 Å². The molecule has 3 aromatic rings. The summed E-state index contributed by atoms with van der Waals surface area (Å²) in [5, 5.41) is 9.03. The van der Waals surface area contributed by atoms with Crippen molar-refractivity contribution in [1.29, 1.82) is 5.26 Å². The molecule has 3 aromatic carbocycles. The van der Waals surface area contributed by atoms with E-state index in [4.69, 9.17) is 5.26 Å². The highest BCUT2D eigenvalue weighted by atomic mass is 19.1. The van der Waals surface area contributed by atoms with Gasteiger partial charge in [0, 0.05) is 19.5 Å². The van der Waals surface area contributed by atoms with E-state index in [9.17, 15) is 4.39 Å². The third kappa shape index (κ3) is 5.18. The highest BCUT2D eigenvalue weighted by Gasteiger charge is 2.38. The zero-order valence-corrected chi connectivity index (χ0v) is 17.6. The summed E-state index contributed by atoms with van der Waals surface area (Å²) in [6, 6.07) is 27.0. The number of hydrogen-bond donors (Lipinski definition) is 0. The molecule has 0 saturated carbocycles. The van der Waals surface area contributed by atoms with E-state index in [2.05, 4.69) is 53.4 Å². The fraction of sp³-hybridized carbons (Fsp3) is 0.296. The second-order valence-electron chi connectivity index (χ2n) is 8.80. The van der Waals surface area contributed by atoms with Gasteiger partial charge in [-0.2, -0.15) is 5.26 Å². The zero-order chi connectivity index (χ0) is 21.8. The normalized spacial score (nSPS) is 16.5. The number of hydrogen-bond acceptors (Lipinski definition) is 2. The van der Waals surface area contributed by atoms with E-state index in [-0.39, 0.29) is 23.9 Å². The molecule has 31 heavy (non-hydrogen) atoms. The number of alkyl halides is 1. The molecule has 1 saturated heterocycles. The van der Waals surface area contributed by atoms with E-state index in [1.54, 1.807) is 13.0 Å². The van der Waals surface area contributed by atoms with Gasteiger partial charge in [0.2, 0.25) is 0 Å². The number of likely N-dealkylation sites (tertiary alicyclic amines) is 1. The molecule has 1 aliphatic rings. The van der Waals surface area contributed by atoms with Crippen LogP contribution < -0.4 is 0 Å². The van der Waals surface area contributed by atoms with Crippen molar-refractivity contribution in [2.45, 2.75) is 31.5 Å². The Hall–Kier alpha value is -3.03. The maximum atomic E-state index is 15.4. The first-order chi connectivity index (χ1) is 14.9. The summed E-state index contributed by atoms with van der Waals surface area (Å²) in [5.74, 6) is -0.248. The summed E-state index contributed by atoms with van der Waals surface area (Å²) in [6.45, 7) is 3.22. The van der Waals surface area contributed by atoms with Crippen molar-refractivity contribution in [2.24, 2.45) is 5.92 Å². The minimum absolute atomic E-state index is 0.108. The lowest BCUT2D eigenvalue weighted by molar-refractivity contribution is 0.0238. The first-order valence-corrected chi connectivity index (χ1v) is 10.7. The lowest BCUT2D eigenvalue weighted by atomic mass is 9.82. The molecule has 0 N–H and O–H groups in total. The maximum Gasteiger partial charge on any atom is 0.124 e. The quantitative estimate of drug-likeness (QED) is 0.467. The Morgan fingerprint density at radius 3 is 2.13 bits per heavy atom. The van der Waals surface area contributed by atoms with Crippen LogP contribution in [0.5, 0.6) is 0 Å². The van der Waals surface area contributed by atoms with E-state index in [1.807, 2.05) is 18.2 Å². The van der Waals surface area contributed by atoms with Crippen LogP contribution >= 0.6 is 0 Å². The van der Waals surface area contributed by atoms with E-state index in [0.717, 1.165) is 13.1 Å². The molecule has 1 unspecified atom stereocenters. The van der Waals surface area contributed by atoms with Crippen molar-refractivity contribution in [2.75, 3.05) is 13.1 Å². The van der Waals surface area contributed by atoms with Gasteiger partial charge in [0.05, 0.1) is 17.7 Å². The lowest BCUT2D eigenvalue weighted by Crippen LogP contribution is -2.50. The predicted molar refractivity (Wildman–Crippen MR) is 119 cm³/mol. The molecule has 0 aliphatic carbocycles. The molecule has 1 atom stereocenters. The van der Waals surface area contributed by atoms with E-state index < -0.39 is 11.5 Å². The Morgan fingerprint density at radius 2 is 1.58 bits per heavy atom. The fourth-order valence-corrected chi connectivity index (χ4v) is 4.75. The second-order valence-corrected chi connectivity index (χ2v) is 8.80. The molecule has 0 spiro atoms. The molecule has 0 aromatic heterocycles. The molecule has 1 heterocycles. The Kier molecular flexibility index (Phi) is 6.15. The number of halogens is 2. The highest BCUT2D eigenvalue weighted by molar-refractivity contribution is 5.35. The summed E-state index contributed by atoms with van der Waals surface area (Å²) in [7, 11) is 0. The van der Waals surface area contributed by atoms with Crippen molar-refractivity contribution >= 4 is 0 Å². The van der Waals surface area contributed by atoms with Crippen LogP contribution in [0, 0.1) is 23.1 Å². The van der Waals surface area contributed by atoms with Crippen molar-refractivity contribution in [3.05, 3.63) is 107 Å². The summed E-state index contributed by atoms with van der Waals surface area (Å²) in [4.78, 5) is 2.39. The van der Waals surface area contributed by atoms with E-state index in [1.165, 1.54) is 23.3 Å². The van der Waals surface area contributed by atoms with Crippen molar-refractivity contribution in [1.82, 2.24) is 4.90 Å². The molecular formula is C27H26F2N2. The zero-order valence-electron chi connectivity index (χ0n) is 17.6. The first-order valence-electron chi connectivity index (χ1n) is 10.7. The molecule has 1 aliphatic heterocycles. The minimum atomic E-state index is -1.45. The van der Waals surface area contributed by atoms with Crippen LogP contribution in [0.4, 0.5) is 8.78 Å². The molecule has 158 valence electrons. The van der Waals surface area contributed by atoms with Gasteiger partial charge in [-0.1, -0.05) is 60.7 Å². The van der Waals surface area contributed by atoms with Gasteiger partial charge in [0.15, 0.2) is 0 Å². The van der Waals surface area contributed by atoms with Crippen LogP contribution in [-0.2, 0) is 6.42 Å². The standard InChI is InChI=1S/C27H26F2N2/c1-27(29,15-20-12-21(17-30)14-25(28)13-20)16-22-18-31(19-22)26(23-8-4-2-5-9-23)24-10-6-3-7-11-24/h2-14,22,26H,15-16,18-19H2,1H3. The largest absolute Gasteiger partial charge is 0.292 e. The average molecular weight is 417 g/mol. The fourth-order valence-electron chi connectivity index (χ4n) is 4.75. The third-order valence-corrected chi connectivity index (χ3v) is 5.95. The van der Waals surface area contributed by atoms with E-state index in [0.29, 0.717) is 12.0 Å². The number of rotatable bonds is 7. The molecule has 0 amide bonds. The molecule has 4 rings (SSSR count). The van der Waals surface area contributed by atoms with Crippen LogP contribution in [0.3, 0.4) is 0 Å². The summed E-state index contributed by atoms with van der Waals surface area (Å²) >= 11 is 0. The number of nitrogens with zero attached hydrogens (tertiary/aromatic N) is 2. The maximum absolute atomic E-state index is 15.4. The molecular weight excluding hydrogens is 390 g/mol. The summed E-state index contributed by atoms with van der Waals surface area (Å²) < 4.78 is 29.1. The Labute approximate surface area is 182 Å². The smallest absolute Gasteiger partial charge is 0.124 e. The number of benzene rings is 3. The lowest BCUT2D eigenvalue weighted by Gasteiger charge is -2.46. The topological polar surface area (TPSA) is 27.0 Å². The van der Waals surface area contributed by atoms with Crippen LogP contribution in [-0.4, -0.2) is 23.7 Å². The monoisotopic (exact) mass is 416 g/mol. The van der Waals surface area contributed by atoms with Crippen LogP contribution in [0.15, 0.2) is 78.9 Å². The van der Waals surface area contributed by atoms with Gasteiger partial charge in [-0.15, -0.1) is 0 Å². The van der Waals surface area contributed by atoms with Gasteiger partial charge in [0.25, 0.3) is 0 Å². The van der Waals surface area contributed by atoms with Gasteiger partial charge >= 0.3 is 0 Å². The average Bonchev–Trinajstić information content (AvgIpc) is 2.73. The van der Waals surface area contributed by atoms with Crippen molar-refractivity contribution in [3.63, 3.8) is 0 Å². The third-order valence-electron chi connectivity index (χ3n) is 5.95. The second kappa shape index (κ2) is 8.99. The highest BCUT2D eigenvalue weighted by Crippen LogP contribution is 2.38. The van der Waals surface area contributed by atoms with Crippen LogP contribution in [0.25, 0.3) is 0 Å². The molecule has 2 nitrogen and oxygen atoms in total. The Bertz CT molecular complexity index is 1010. The first kappa shape index (κ1) is 21.2. The Morgan fingerprint density at radius 1 is 1.00 bits per heavy atom. The summed E-state index contributed by atoms with van der Waals surface area (Å²) in [6.07, 6.45) is 0.523. The van der Waals surface area contributed by atoms with Gasteiger partial charge in [0.1, 0.15) is 11.5 Å². The van der Waals surface area contributed by atoms with E-state index >= 15 is 4.39 Å². The summed E-state index contributed by atoms with van der Waals surface area (Å²) in [5.41, 5.74) is 1.78. The van der Waals surface area contributed by atoms with Crippen LogP contribution in [0.1, 0.15) is 41.6 Å². The SMILES string of the molecule is CC(F)(Cc1cc(F)cc(C#N)c1)CC1CN(C(c2ccccc2)c2ccccc2)C1. The number of nitriles is 1. The van der Waals surface area contributed by atoms with Gasteiger partial charge in [-0.05, 0) is 54.2 Å². The van der Waals surface area contributed by atoms with Crippen molar-refractivity contribution in [3.8, 4) is 6.07 Å². The molecule has 1 fully saturated rings. The predicted octanol–water partition coefficient (Wildman–Crippen LogP) is 6.08. The minimum Gasteiger partial charge on any atom is -0.292 e. The molecule has 4 heteroatoms. The van der Waals surface area contributed by atoms with Crippen molar-refractivity contribution < 1.29 is 8.78 Å². The molecule has 0 radical (unpaired) electrons. The molecule has 0 bridgehead atoms. The Balaban J connectivity index is 1.42. The van der Waals surface area contributed by atoms with Gasteiger partial charge < -0.3 is 0 Å². The van der Waals surface area contributed by atoms with Crippen LogP contribution in [0.2, 0.25) is 0 Å². The van der Waals surface area contributed by atoms with Gasteiger partial charge in [-0.3, -0.25) is 4.90 Å².